The van der Waals surface area contributed by atoms with Crippen LogP contribution in [0.5, 0.6) is 5.75 Å². The Bertz CT molecular complexity index is 757. The van der Waals surface area contributed by atoms with Crippen molar-refractivity contribution in [3.05, 3.63) is 60.2 Å². The largest absolute Gasteiger partial charge is 0.492 e. The van der Waals surface area contributed by atoms with Crippen LogP contribution in [0, 0.1) is 5.41 Å². The highest BCUT2D eigenvalue weighted by molar-refractivity contribution is 6.10. The summed E-state index contributed by atoms with van der Waals surface area (Å²) in [5.74, 6) is -0.139. The van der Waals surface area contributed by atoms with Crippen LogP contribution >= 0.6 is 0 Å². The maximum atomic E-state index is 12.7. The van der Waals surface area contributed by atoms with Crippen LogP contribution in [-0.2, 0) is 9.59 Å². The molecule has 26 heavy (non-hydrogen) atoms. The van der Waals surface area contributed by atoms with Gasteiger partial charge in [0.05, 0.1) is 18.3 Å². The van der Waals surface area contributed by atoms with E-state index in [1.165, 1.54) is 0 Å². The van der Waals surface area contributed by atoms with Crippen molar-refractivity contribution < 1.29 is 14.3 Å². The first-order chi connectivity index (χ1) is 12.4. The second-order valence-electron chi connectivity index (χ2n) is 6.61. The minimum absolute atomic E-state index is 0.188. The Balaban J connectivity index is 2.08. The van der Waals surface area contributed by atoms with Crippen LogP contribution in [0.25, 0.3) is 0 Å². The SMILES string of the molecule is CCOc1ccccc1NC(=O)C(C)(C)C(=O)NC(C)c1ccccc1. The summed E-state index contributed by atoms with van der Waals surface area (Å²) in [6, 6.07) is 16.6. The molecule has 0 aromatic heterocycles. The van der Waals surface area contributed by atoms with Gasteiger partial charge in [-0.05, 0) is 45.4 Å². The molecule has 5 nitrogen and oxygen atoms in total. The average molecular weight is 354 g/mol. The third kappa shape index (κ3) is 4.63. The van der Waals surface area contributed by atoms with Gasteiger partial charge in [-0.2, -0.15) is 0 Å². The van der Waals surface area contributed by atoms with Gasteiger partial charge in [0.1, 0.15) is 11.2 Å². The van der Waals surface area contributed by atoms with Gasteiger partial charge in [-0.15, -0.1) is 0 Å². The standard InChI is InChI=1S/C21H26N2O3/c1-5-26-18-14-10-9-13-17(18)23-20(25)21(3,4)19(24)22-15(2)16-11-7-6-8-12-16/h6-15H,5H2,1-4H3,(H,22,24)(H,23,25). The molecule has 0 spiro atoms. The summed E-state index contributed by atoms with van der Waals surface area (Å²) >= 11 is 0. The van der Waals surface area contributed by atoms with Gasteiger partial charge in [-0.25, -0.2) is 0 Å². The fraction of sp³-hybridized carbons (Fsp3) is 0.333. The molecule has 0 aliphatic heterocycles. The minimum Gasteiger partial charge on any atom is -0.492 e. The van der Waals surface area contributed by atoms with Crippen LogP contribution in [0.1, 0.15) is 39.3 Å². The molecule has 138 valence electrons. The molecule has 0 radical (unpaired) electrons. The first-order valence-corrected chi connectivity index (χ1v) is 8.75. The van der Waals surface area contributed by atoms with Crippen molar-refractivity contribution in [2.24, 2.45) is 5.41 Å². The van der Waals surface area contributed by atoms with E-state index in [1.807, 2.05) is 56.3 Å². The zero-order chi connectivity index (χ0) is 19.2. The van der Waals surface area contributed by atoms with E-state index in [9.17, 15) is 9.59 Å². The summed E-state index contributed by atoms with van der Waals surface area (Å²) in [4.78, 5) is 25.4. The van der Waals surface area contributed by atoms with Crippen LogP contribution in [-0.4, -0.2) is 18.4 Å². The third-order valence-electron chi connectivity index (χ3n) is 4.22. The zero-order valence-corrected chi connectivity index (χ0v) is 15.7. The lowest BCUT2D eigenvalue weighted by molar-refractivity contribution is -0.138. The molecule has 0 aliphatic rings. The Labute approximate surface area is 154 Å². The van der Waals surface area contributed by atoms with E-state index in [2.05, 4.69) is 10.6 Å². The summed E-state index contributed by atoms with van der Waals surface area (Å²) in [5, 5.41) is 5.72. The lowest BCUT2D eigenvalue weighted by Crippen LogP contribution is -2.45. The second-order valence-corrected chi connectivity index (χ2v) is 6.61. The van der Waals surface area contributed by atoms with Crippen molar-refractivity contribution in [1.29, 1.82) is 0 Å². The molecule has 0 saturated heterocycles. The van der Waals surface area contributed by atoms with E-state index < -0.39 is 5.41 Å². The topological polar surface area (TPSA) is 67.4 Å². The fourth-order valence-electron chi connectivity index (χ4n) is 2.44. The molecule has 2 amide bonds. The lowest BCUT2D eigenvalue weighted by atomic mass is 9.90. The van der Waals surface area contributed by atoms with E-state index >= 15 is 0 Å². The predicted molar refractivity (Wildman–Crippen MR) is 103 cm³/mol. The molecule has 0 bridgehead atoms. The molecule has 2 aromatic carbocycles. The van der Waals surface area contributed by atoms with Gasteiger partial charge in [-0.3, -0.25) is 9.59 Å². The predicted octanol–water partition coefficient (Wildman–Crippen LogP) is 3.93. The number of para-hydroxylation sites is 2. The van der Waals surface area contributed by atoms with E-state index in [1.54, 1.807) is 26.0 Å². The first kappa shape index (κ1) is 19.5. The summed E-state index contributed by atoms with van der Waals surface area (Å²) in [6.07, 6.45) is 0. The van der Waals surface area contributed by atoms with Gasteiger partial charge in [0.2, 0.25) is 11.8 Å². The average Bonchev–Trinajstić information content (AvgIpc) is 2.64. The summed E-state index contributed by atoms with van der Waals surface area (Å²) in [7, 11) is 0. The molecule has 5 heteroatoms. The summed E-state index contributed by atoms with van der Waals surface area (Å²) in [6.45, 7) is 7.48. The van der Waals surface area contributed by atoms with Crippen LogP contribution in [0.3, 0.4) is 0 Å². The number of hydrogen-bond acceptors (Lipinski definition) is 3. The van der Waals surface area contributed by atoms with Crippen molar-refractivity contribution in [2.75, 3.05) is 11.9 Å². The van der Waals surface area contributed by atoms with E-state index in [0.717, 1.165) is 5.56 Å². The smallest absolute Gasteiger partial charge is 0.239 e. The van der Waals surface area contributed by atoms with Crippen molar-refractivity contribution in [1.82, 2.24) is 5.32 Å². The zero-order valence-electron chi connectivity index (χ0n) is 15.7. The molecule has 2 aromatic rings. The molecular weight excluding hydrogens is 328 g/mol. The number of amides is 2. The number of carbonyl (C=O) groups is 2. The second kappa shape index (κ2) is 8.52. The van der Waals surface area contributed by atoms with Crippen molar-refractivity contribution in [3.8, 4) is 5.75 Å². The van der Waals surface area contributed by atoms with Crippen molar-refractivity contribution >= 4 is 17.5 Å². The maximum Gasteiger partial charge on any atom is 0.239 e. The number of benzene rings is 2. The van der Waals surface area contributed by atoms with Gasteiger partial charge < -0.3 is 15.4 Å². The van der Waals surface area contributed by atoms with E-state index in [4.69, 9.17) is 4.74 Å². The summed E-state index contributed by atoms with van der Waals surface area (Å²) in [5.41, 5.74) is 0.303. The van der Waals surface area contributed by atoms with Gasteiger partial charge in [0, 0.05) is 0 Å². The Morgan fingerprint density at radius 3 is 2.27 bits per heavy atom. The Hall–Kier alpha value is -2.82. The minimum atomic E-state index is -1.23. The molecule has 0 aliphatic carbocycles. The number of ether oxygens (including phenoxy) is 1. The maximum absolute atomic E-state index is 12.7. The number of nitrogens with one attached hydrogen (secondary N) is 2. The Kier molecular flexibility index (Phi) is 6.39. The number of rotatable bonds is 7. The molecule has 0 fully saturated rings. The molecule has 1 atom stereocenters. The monoisotopic (exact) mass is 354 g/mol. The summed E-state index contributed by atoms with van der Waals surface area (Å²) < 4.78 is 5.52. The van der Waals surface area contributed by atoms with Gasteiger partial charge in [-0.1, -0.05) is 42.5 Å². The molecule has 0 heterocycles. The quantitative estimate of drug-likeness (QED) is 0.741. The fourth-order valence-corrected chi connectivity index (χ4v) is 2.44. The van der Waals surface area contributed by atoms with Crippen LogP contribution in [0.4, 0.5) is 5.69 Å². The van der Waals surface area contributed by atoms with Gasteiger partial charge in [0.15, 0.2) is 0 Å². The van der Waals surface area contributed by atoms with Gasteiger partial charge >= 0.3 is 0 Å². The molecular formula is C21H26N2O3. The first-order valence-electron chi connectivity index (χ1n) is 8.75. The number of carbonyl (C=O) groups excluding carboxylic acids is 2. The number of hydrogen-bond donors (Lipinski definition) is 2. The van der Waals surface area contributed by atoms with Crippen LogP contribution < -0.4 is 15.4 Å². The van der Waals surface area contributed by atoms with Gasteiger partial charge in [0.25, 0.3) is 0 Å². The normalized spacial score (nSPS) is 12.2. The molecule has 2 rings (SSSR count). The van der Waals surface area contributed by atoms with Crippen molar-refractivity contribution in [3.63, 3.8) is 0 Å². The van der Waals surface area contributed by atoms with E-state index in [0.29, 0.717) is 18.0 Å². The lowest BCUT2D eigenvalue weighted by Gasteiger charge is -2.25. The van der Waals surface area contributed by atoms with Crippen LogP contribution in [0.2, 0.25) is 0 Å². The highest BCUT2D eigenvalue weighted by Crippen LogP contribution is 2.27. The highest BCUT2D eigenvalue weighted by Gasteiger charge is 2.37. The Morgan fingerprint density at radius 2 is 1.62 bits per heavy atom. The molecule has 2 N–H and O–H groups in total. The Morgan fingerprint density at radius 1 is 1.00 bits per heavy atom. The number of anilines is 1. The third-order valence-corrected chi connectivity index (χ3v) is 4.22. The molecule has 1 unspecified atom stereocenters. The van der Waals surface area contributed by atoms with Crippen molar-refractivity contribution in [2.45, 2.75) is 33.7 Å². The van der Waals surface area contributed by atoms with E-state index in [-0.39, 0.29) is 17.9 Å². The van der Waals surface area contributed by atoms with Crippen LogP contribution in [0.15, 0.2) is 54.6 Å². The molecule has 0 saturated carbocycles. The highest BCUT2D eigenvalue weighted by atomic mass is 16.5.